The van der Waals surface area contributed by atoms with E-state index in [0.717, 1.165) is 30.6 Å². The summed E-state index contributed by atoms with van der Waals surface area (Å²) in [6.07, 6.45) is 2.36. The zero-order valence-electron chi connectivity index (χ0n) is 22.9. The molecule has 0 unspecified atom stereocenters. The first-order valence-corrected chi connectivity index (χ1v) is 15.4. The summed E-state index contributed by atoms with van der Waals surface area (Å²) in [6, 6.07) is 7.51. The maximum atomic E-state index is 14.0. The van der Waals surface area contributed by atoms with Crippen LogP contribution in [0.5, 0.6) is 5.75 Å². The van der Waals surface area contributed by atoms with Crippen LogP contribution in [0.3, 0.4) is 0 Å². The van der Waals surface area contributed by atoms with Gasteiger partial charge in [-0.25, -0.2) is 8.42 Å². The number of aliphatic hydroxyl groups is 1. The van der Waals surface area contributed by atoms with E-state index in [1.165, 1.54) is 12.1 Å². The number of rotatable bonds is 7. The third-order valence-electron chi connectivity index (χ3n) is 6.61. The molecule has 2 aromatic rings. The van der Waals surface area contributed by atoms with Gasteiger partial charge in [0.15, 0.2) is 0 Å². The molecule has 1 aliphatic rings. The fraction of sp³-hybridized carbons (Fsp3) is 0.593. The Morgan fingerprint density at radius 3 is 2.66 bits per heavy atom. The molecule has 0 fully saturated rings. The molecule has 3 rings (SSSR count). The van der Waals surface area contributed by atoms with Gasteiger partial charge >= 0.3 is 0 Å². The van der Waals surface area contributed by atoms with Gasteiger partial charge in [-0.3, -0.25) is 9.52 Å². The van der Waals surface area contributed by atoms with E-state index in [9.17, 15) is 18.3 Å². The lowest BCUT2D eigenvalue weighted by Crippen LogP contribution is -2.47. The number of nitrogens with one attached hydrogen (secondary N) is 1. The van der Waals surface area contributed by atoms with Crippen LogP contribution in [0.2, 0.25) is 0 Å². The van der Waals surface area contributed by atoms with Crippen molar-refractivity contribution in [2.24, 2.45) is 5.92 Å². The minimum atomic E-state index is -3.79. The van der Waals surface area contributed by atoms with Gasteiger partial charge in [0.1, 0.15) is 9.96 Å². The number of carbonyl (C=O) groups is 1. The Bertz CT molecular complexity index is 1140. The van der Waals surface area contributed by atoms with Crippen molar-refractivity contribution in [2.45, 2.75) is 62.5 Å². The van der Waals surface area contributed by atoms with Crippen molar-refractivity contribution in [3.05, 3.63) is 41.3 Å². The van der Waals surface area contributed by atoms with Crippen LogP contribution in [0.25, 0.3) is 0 Å². The first-order valence-electron chi connectivity index (χ1n) is 13.1. The third-order valence-corrected chi connectivity index (χ3v) is 9.39. The van der Waals surface area contributed by atoms with Crippen LogP contribution in [-0.4, -0.2) is 87.9 Å². The zero-order valence-corrected chi connectivity index (χ0v) is 24.6. The van der Waals surface area contributed by atoms with Gasteiger partial charge < -0.3 is 24.4 Å². The monoisotopic (exact) mass is 567 g/mol. The quantitative estimate of drug-likeness (QED) is 0.522. The maximum absolute atomic E-state index is 14.0. The summed E-state index contributed by atoms with van der Waals surface area (Å²) in [6.45, 7) is 7.29. The van der Waals surface area contributed by atoms with E-state index in [1.807, 2.05) is 21.0 Å². The van der Waals surface area contributed by atoms with Gasteiger partial charge in [0.05, 0.1) is 30.4 Å². The number of amides is 1. The van der Waals surface area contributed by atoms with Crippen LogP contribution in [0, 0.1) is 5.92 Å². The number of nitrogens with zero attached hydrogens (tertiary/aromatic N) is 2. The fourth-order valence-electron chi connectivity index (χ4n) is 4.43. The average Bonchev–Trinajstić information content (AvgIpc) is 3.42. The topological polar surface area (TPSA) is 108 Å². The number of hydrogen-bond donors (Lipinski definition) is 2. The Balaban J connectivity index is 2.01. The molecule has 0 saturated carbocycles. The highest BCUT2D eigenvalue weighted by atomic mass is 32.2. The minimum Gasteiger partial charge on any atom is -0.490 e. The number of anilines is 1. The van der Waals surface area contributed by atoms with E-state index in [2.05, 4.69) is 16.5 Å². The molecule has 1 aromatic heterocycles. The molecule has 11 heteroatoms. The molecule has 2 heterocycles. The molecule has 1 amide bonds. The second kappa shape index (κ2) is 13.7. The average molecular weight is 568 g/mol. The number of ether oxygens (including phenoxy) is 2. The summed E-state index contributed by atoms with van der Waals surface area (Å²) < 4.78 is 40.9. The number of benzene rings is 1. The van der Waals surface area contributed by atoms with Crippen molar-refractivity contribution in [1.82, 2.24) is 9.80 Å². The Morgan fingerprint density at radius 2 is 2.00 bits per heavy atom. The number of aliphatic hydroxyl groups excluding tert-OH is 1. The van der Waals surface area contributed by atoms with Crippen LogP contribution < -0.4 is 9.46 Å². The molecule has 0 bridgehead atoms. The lowest BCUT2D eigenvalue weighted by molar-refractivity contribution is -0.0137. The van der Waals surface area contributed by atoms with E-state index < -0.39 is 16.1 Å². The Hall–Kier alpha value is -2.18. The highest BCUT2D eigenvalue weighted by molar-refractivity contribution is 7.94. The molecule has 1 aromatic carbocycles. The van der Waals surface area contributed by atoms with E-state index >= 15 is 0 Å². The summed E-state index contributed by atoms with van der Waals surface area (Å²) in [5.41, 5.74) is 0.513. The molecular formula is C27H41N3O6S2. The molecule has 2 N–H and O–H groups in total. The highest BCUT2D eigenvalue weighted by Crippen LogP contribution is 2.30. The van der Waals surface area contributed by atoms with E-state index in [-0.39, 0.29) is 46.1 Å². The molecule has 1 aliphatic heterocycles. The van der Waals surface area contributed by atoms with Crippen molar-refractivity contribution < 1.29 is 27.8 Å². The lowest BCUT2D eigenvalue weighted by atomic mass is 10.0. The number of thiophene rings is 1. The first kappa shape index (κ1) is 30.4. The van der Waals surface area contributed by atoms with Crippen molar-refractivity contribution in [1.29, 1.82) is 0 Å². The third kappa shape index (κ3) is 8.16. The molecule has 4 atom stereocenters. The van der Waals surface area contributed by atoms with E-state index in [0.29, 0.717) is 25.4 Å². The van der Waals surface area contributed by atoms with Crippen LogP contribution in [-0.2, 0) is 14.8 Å². The molecule has 0 saturated heterocycles. The molecule has 38 heavy (non-hydrogen) atoms. The molecular weight excluding hydrogens is 526 g/mol. The molecule has 0 radical (unpaired) electrons. The SMILES string of the molecule is C[C@@H]1CCCCO[C@H](CN(C)C)[C@@H](C)CN([C@H](C)CO)C(=O)c2cc(NS(=O)(=O)c3cccs3)ccc2O1. The summed E-state index contributed by atoms with van der Waals surface area (Å²) in [5, 5.41) is 11.7. The van der Waals surface area contributed by atoms with Crippen molar-refractivity contribution >= 4 is 33.0 Å². The van der Waals surface area contributed by atoms with E-state index in [1.54, 1.807) is 35.4 Å². The maximum Gasteiger partial charge on any atom is 0.271 e. The van der Waals surface area contributed by atoms with Crippen LogP contribution in [0.4, 0.5) is 5.69 Å². The number of likely N-dealkylation sites (N-methyl/N-ethyl adjacent to an activating group) is 1. The van der Waals surface area contributed by atoms with Crippen molar-refractivity contribution in [3.63, 3.8) is 0 Å². The smallest absolute Gasteiger partial charge is 0.271 e. The predicted molar refractivity (Wildman–Crippen MR) is 151 cm³/mol. The minimum absolute atomic E-state index is 0.0119. The molecule has 9 nitrogen and oxygen atoms in total. The van der Waals surface area contributed by atoms with Crippen molar-refractivity contribution in [3.8, 4) is 5.75 Å². The number of sulfonamides is 1. The number of hydrogen-bond acceptors (Lipinski definition) is 8. The van der Waals surface area contributed by atoms with Crippen LogP contribution in [0.15, 0.2) is 39.9 Å². The first-order chi connectivity index (χ1) is 18.0. The second-order valence-corrected chi connectivity index (χ2v) is 13.2. The Kier molecular flexibility index (Phi) is 11.0. The zero-order chi connectivity index (χ0) is 27.9. The van der Waals surface area contributed by atoms with Gasteiger partial charge in [0, 0.05) is 31.3 Å². The van der Waals surface area contributed by atoms with Gasteiger partial charge in [0.25, 0.3) is 15.9 Å². The van der Waals surface area contributed by atoms with Gasteiger partial charge in [-0.05, 0) is 76.9 Å². The lowest BCUT2D eigenvalue weighted by Gasteiger charge is -2.35. The van der Waals surface area contributed by atoms with Gasteiger partial charge in [-0.2, -0.15) is 0 Å². The largest absolute Gasteiger partial charge is 0.490 e. The molecule has 0 aliphatic carbocycles. The molecule has 0 spiro atoms. The van der Waals surface area contributed by atoms with Gasteiger partial charge in [-0.15, -0.1) is 11.3 Å². The summed E-state index contributed by atoms with van der Waals surface area (Å²) in [7, 11) is 0.195. The summed E-state index contributed by atoms with van der Waals surface area (Å²) in [4.78, 5) is 17.7. The van der Waals surface area contributed by atoms with Crippen LogP contribution in [0.1, 0.15) is 50.4 Å². The number of carbonyl (C=O) groups excluding carboxylic acids is 1. The normalized spacial score (nSPS) is 22.9. The summed E-state index contributed by atoms with van der Waals surface area (Å²) >= 11 is 1.12. The second-order valence-electron chi connectivity index (χ2n) is 10.3. The van der Waals surface area contributed by atoms with Crippen molar-refractivity contribution in [2.75, 3.05) is 45.1 Å². The van der Waals surface area contributed by atoms with Crippen LogP contribution >= 0.6 is 11.3 Å². The number of fused-ring (bicyclic) bond motifs is 1. The predicted octanol–water partition coefficient (Wildman–Crippen LogP) is 3.91. The van der Waals surface area contributed by atoms with Gasteiger partial charge in [-0.1, -0.05) is 13.0 Å². The van der Waals surface area contributed by atoms with Gasteiger partial charge in [0.2, 0.25) is 0 Å². The highest BCUT2D eigenvalue weighted by Gasteiger charge is 2.30. The summed E-state index contributed by atoms with van der Waals surface area (Å²) in [5.74, 6) is 0.0445. The Labute approximate surface area is 230 Å². The molecule has 212 valence electrons. The fourth-order valence-corrected chi connectivity index (χ4v) is 6.47. The van der Waals surface area contributed by atoms with E-state index in [4.69, 9.17) is 9.47 Å². The Morgan fingerprint density at radius 1 is 1.24 bits per heavy atom. The standard InChI is InChI=1S/C27H41N3O6S2/c1-19-16-30(20(2)18-31)27(32)23-15-22(28-38(33,34)26-10-8-14-37-26)11-12-24(23)36-21(3)9-6-7-13-35-25(19)17-29(4)5/h8,10-12,14-15,19-21,25,28,31H,6-7,9,13,16-18H2,1-5H3/t19-,20+,21+,25+/m0/s1.